The number of carbonyl (C=O) groups is 1. The van der Waals surface area contributed by atoms with Crippen LogP contribution in [0.15, 0.2) is 30.5 Å². The summed E-state index contributed by atoms with van der Waals surface area (Å²) in [5, 5.41) is 1.02. The molecule has 21 heavy (non-hydrogen) atoms. The number of nitrogens with zero attached hydrogens (tertiary/aromatic N) is 2. The number of piperazine rings is 1. The molecule has 1 aliphatic rings. The number of fused-ring (bicyclic) bond motifs is 1. The fraction of sp³-hybridized carbons (Fsp3) is 0.471. The molecule has 3 rings (SSSR count). The maximum atomic E-state index is 12.7. The zero-order valence-electron chi connectivity index (χ0n) is 12.8. The number of hydrogen-bond acceptors (Lipinski definition) is 2. The lowest BCUT2D eigenvalue weighted by Crippen LogP contribution is -2.49. The van der Waals surface area contributed by atoms with E-state index < -0.39 is 0 Å². The van der Waals surface area contributed by atoms with E-state index in [-0.39, 0.29) is 5.91 Å². The summed E-state index contributed by atoms with van der Waals surface area (Å²) in [5.74, 6) is 0.838. The minimum atomic E-state index is 0.157. The second-order valence-corrected chi connectivity index (χ2v) is 6.23. The molecule has 1 aromatic carbocycles. The third-order valence-electron chi connectivity index (χ3n) is 4.11. The highest BCUT2D eigenvalue weighted by molar-refractivity contribution is 6.06. The maximum absolute atomic E-state index is 12.7. The normalized spacial score (nSPS) is 16.8. The van der Waals surface area contributed by atoms with Crippen molar-refractivity contribution in [2.24, 2.45) is 5.92 Å². The van der Waals surface area contributed by atoms with Gasteiger partial charge in [0, 0.05) is 55.4 Å². The smallest absolute Gasteiger partial charge is 0.254 e. The van der Waals surface area contributed by atoms with E-state index >= 15 is 0 Å². The van der Waals surface area contributed by atoms with Crippen LogP contribution in [0.2, 0.25) is 0 Å². The van der Waals surface area contributed by atoms with E-state index in [1.807, 2.05) is 35.4 Å². The lowest BCUT2D eigenvalue weighted by atomic mass is 10.1. The molecule has 0 bridgehead atoms. The molecule has 2 aromatic rings. The van der Waals surface area contributed by atoms with Crippen molar-refractivity contribution in [3.63, 3.8) is 0 Å². The molecule has 1 N–H and O–H groups in total. The van der Waals surface area contributed by atoms with E-state index in [2.05, 4.69) is 23.7 Å². The van der Waals surface area contributed by atoms with Gasteiger partial charge in [-0.2, -0.15) is 0 Å². The molecule has 0 unspecified atom stereocenters. The predicted octanol–water partition coefficient (Wildman–Crippen LogP) is 2.58. The molecular formula is C17H23N3O. The van der Waals surface area contributed by atoms with Crippen molar-refractivity contribution in [1.82, 2.24) is 14.8 Å². The number of H-pyrrole nitrogens is 1. The first kappa shape index (κ1) is 14.1. The van der Waals surface area contributed by atoms with Crippen LogP contribution in [0.3, 0.4) is 0 Å². The van der Waals surface area contributed by atoms with Gasteiger partial charge < -0.3 is 9.88 Å². The van der Waals surface area contributed by atoms with E-state index in [1.54, 1.807) is 0 Å². The SMILES string of the molecule is CC(C)CN1CCN(C(=O)c2cccc3[nH]ccc23)CC1. The average Bonchev–Trinajstić information content (AvgIpc) is 2.95. The van der Waals surface area contributed by atoms with Crippen LogP contribution in [0.25, 0.3) is 10.9 Å². The molecule has 0 aliphatic carbocycles. The van der Waals surface area contributed by atoms with Crippen LogP contribution in [0.4, 0.5) is 0 Å². The van der Waals surface area contributed by atoms with Crippen LogP contribution >= 0.6 is 0 Å². The molecule has 1 amide bonds. The number of hydrogen-bond donors (Lipinski definition) is 1. The largest absolute Gasteiger partial charge is 0.361 e. The van der Waals surface area contributed by atoms with Gasteiger partial charge in [-0.05, 0) is 24.1 Å². The second kappa shape index (κ2) is 5.90. The van der Waals surface area contributed by atoms with Crippen molar-refractivity contribution >= 4 is 16.8 Å². The van der Waals surface area contributed by atoms with E-state index in [0.29, 0.717) is 5.92 Å². The molecular weight excluding hydrogens is 262 g/mol. The topological polar surface area (TPSA) is 39.3 Å². The molecule has 1 fully saturated rings. The van der Waals surface area contributed by atoms with Gasteiger partial charge in [-0.1, -0.05) is 19.9 Å². The molecule has 0 spiro atoms. The summed E-state index contributed by atoms with van der Waals surface area (Å²) in [5.41, 5.74) is 1.84. The van der Waals surface area contributed by atoms with Crippen molar-refractivity contribution in [3.05, 3.63) is 36.0 Å². The van der Waals surface area contributed by atoms with Gasteiger partial charge in [-0.25, -0.2) is 0 Å². The third kappa shape index (κ3) is 2.95. The molecule has 1 aromatic heterocycles. The Kier molecular flexibility index (Phi) is 3.97. The van der Waals surface area contributed by atoms with E-state index in [4.69, 9.17) is 0 Å². The standard InChI is InChI=1S/C17H23N3O/c1-13(2)12-19-8-10-20(11-9-19)17(21)15-4-3-5-16-14(15)6-7-18-16/h3-7,13,18H,8-12H2,1-2H3. The first-order valence-corrected chi connectivity index (χ1v) is 7.73. The molecule has 0 atom stereocenters. The minimum absolute atomic E-state index is 0.157. The molecule has 1 saturated heterocycles. The van der Waals surface area contributed by atoms with Gasteiger partial charge in [-0.3, -0.25) is 9.69 Å². The Labute approximate surface area is 125 Å². The Bertz CT molecular complexity index is 624. The van der Waals surface area contributed by atoms with Crippen molar-refractivity contribution in [1.29, 1.82) is 0 Å². The Morgan fingerprint density at radius 3 is 2.67 bits per heavy atom. The van der Waals surface area contributed by atoms with Crippen molar-refractivity contribution in [3.8, 4) is 0 Å². The molecule has 4 nitrogen and oxygen atoms in total. The highest BCUT2D eigenvalue weighted by atomic mass is 16.2. The van der Waals surface area contributed by atoms with Crippen LogP contribution in [0, 0.1) is 5.92 Å². The monoisotopic (exact) mass is 285 g/mol. The Morgan fingerprint density at radius 1 is 1.19 bits per heavy atom. The molecule has 0 saturated carbocycles. The van der Waals surface area contributed by atoms with Crippen LogP contribution in [-0.4, -0.2) is 53.4 Å². The summed E-state index contributed by atoms with van der Waals surface area (Å²) in [6.45, 7) is 9.21. The van der Waals surface area contributed by atoms with Crippen LogP contribution in [0.1, 0.15) is 24.2 Å². The summed E-state index contributed by atoms with van der Waals surface area (Å²) in [6.07, 6.45) is 1.89. The molecule has 112 valence electrons. The van der Waals surface area contributed by atoms with E-state index in [0.717, 1.165) is 49.2 Å². The quantitative estimate of drug-likeness (QED) is 0.941. The van der Waals surface area contributed by atoms with Crippen molar-refractivity contribution in [2.75, 3.05) is 32.7 Å². The summed E-state index contributed by atoms with van der Waals surface area (Å²) in [6, 6.07) is 7.87. The Hall–Kier alpha value is -1.81. The molecule has 0 radical (unpaired) electrons. The molecule has 1 aliphatic heterocycles. The highest BCUT2D eigenvalue weighted by Crippen LogP contribution is 2.20. The minimum Gasteiger partial charge on any atom is -0.361 e. The molecule has 2 heterocycles. The lowest BCUT2D eigenvalue weighted by Gasteiger charge is -2.35. The van der Waals surface area contributed by atoms with Crippen molar-refractivity contribution in [2.45, 2.75) is 13.8 Å². The van der Waals surface area contributed by atoms with E-state index in [1.165, 1.54) is 0 Å². The summed E-state index contributed by atoms with van der Waals surface area (Å²) in [7, 11) is 0. The first-order valence-electron chi connectivity index (χ1n) is 7.73. The number of nitrogens with one attached hydrogen (secondary N) is 1. The van der Waals surface area contributed by atoms with Gasteiger partial charge in [0.1, 0.15) is 0 Å². The van der Waals surface area contributed by atoms with Gasteiger partial charge in [0.15, 0.2) is 0 Å². The number of aromatic nitrogens is 1. The van der Waals surface area contributed by atoms with Crippen LogP contribution < -0.4 is 0 Å². The fourth-order valence-electron chi connectivity index (χ4n) is 3.09. The van der Waals surface area contributed by atoms with E-state index in [9.17, 15) is 4.79 Å². The zero-order chi connectivity index (χ0) is 14.8. The van der Waals surface area contributed by atoms with Gasteiger partial charge in [0.05, 0.1) is 0 Å². The van der Waals surface area contributed by atoms with Crippen LogP contribution in [0.5, 0.6) is 0 Å². The fourth-order valence-corrected chi connectivity index (χ4v) is 3.09. The third-order valence-corrected chi connectivity index (χ3v) is 4.11. The number of amides is 1. The summed E-state index contributed by atoms with van der Waals surface area (Å²) >= 11 is 0. The Morgan fingerprint density at radius 2 is 1.95 bits per heavy atom. The Balaban J connectivity index is 1.71. The number of benzene rings is 1. The maximum Gasteiger partial charge on any atom is 0.254 e. The second-order valence-electron chi connectivity index (χ2n) is 6.23. The van der Waals surface area contributed by atoms with Gasteiger partial charge >= 0.3 is 0 Å². The predicted molar refractivity (Wildman–Crippen MR) is 85.5 cm³/mol. The van der Waals surface area contributed by atoms with Gasteiger partial charge in [0.2, 0.25) is 0 Å². The number of rotatable bonds is 3. The number of carbonyl (C=O) groups excluding carboxylic acids is 1. The highest BCUT2D eigenvalue weighted by Gasteiger charge is 2.23. The zero-order valence-corrected chi connectivity index (χ0v) is 12.8. The first-order chi connectivity index (χ1) is 10.1. The molecule has 4 heteroatoms. The summed E-state index contributed by atoms with van der Waals surface area (Å²) < 4.78 is 0. The van der Waals surface area contributed by atoms with Gasteiger partial charge in [-0.15, -0.1) is 0 Å². The average molecular weight is 285 g/mol. The van der Waals surface area contributed by atoms with Crippen molar-refractivity contribution < 1.29 is 4.79 Å². The van der Waals surface area contributed by atoms with Crippen LogP contribution in [-0.2, 0) is 0 Å². The summed E-state index contributed by atoms with van der Waals surface area (Å²) in [4.78, 5) is 20.3. The lowest BCUT2D eigenvalue weighted by molar-refractivity contribution is 0.0626. The number of aromatic amines is 1. The van der Waals surface area contributed by atoms with Gasteiger partial charge in [0.25, 0.3) is 5.91 Å².